The van der Waals surface area contributed by atoms with E-state index in [1.165, 1.54) is 39.1 Å². The molecule has 0 aliphatic heterocycles. The van der Waals surface area contributed by atoms with Crippen molar-refractivity contribution in [1.29, 1.82) is 0 Å². The first-order chi connectivity index (χ1) is 12.2. The van der Waals surface area contributed by atoms with Crippen LogP contribution in [-0.2, 0) is 12.8 Å². The maximum atomic E-state index is 5.62. The summed E-state index contributed by atoms with van der Waals surface area (Å²) < 4.78 is 0. The fraction of sp³-hybridized carbons (Fsp3) is 0.409. The molecule has 1 aromatic carbocycles. The molecule has 1 heterocycles. The van der Waals surface area contributed by atoms with E-state index in [9.17, 15) is 0 Å². The number of hydrogen-bond acceptors (Lipinski definition) is 3. The molecule has 132 valence electrons. The third kappa shape index (κ3) is 4.00. The zero-order chi connectivity index (χ0) is 17.6. The van der Waals surface area contributed by atoms with E-state index in [0.29, 0.717) is 6.67 Å². The lowest BCUT2D eigenvalue weighted by Crippen LogP contribution is -2.23. The smallest absolute Gasteiger partial charge is 0.0739 e. The number of aryl methyl sites for hydroxylation is 3. The molecular formula is C22H29N3. The fourth-order valence-electron chi connectivity index (χ4n) is 3.81. The Morgan fingerprint density at radius 1 is 1.16 bits per heavy atom. The summed E-state index contributed by atoms with van der Waals surface area (Å²) in [6.45, 7) is 5.87. The van der Waals surface area contributed by atoms with Gasteiger partial charge >= 0.3 is 0 Å². The zero-order valence-corrected chi connectivity index (χ0v) is 15.4. The largest absolute Gasteiger partial charge is 0.318 e. The summed E-state index contributed by atoms with van der Waals surface area (Å²) in [6.07, 6.45) is 7.34. The molecule has 0 amide bonds. The predicted octanol–water partition coefficient (Wildman–Crippen LogP) is 3.99. The number of aromatic nitrogens is 1. The van der Waals surface area contributed by atoms with E-state index in [2.05, 4.69) is 49.5 Å². The number of nitrogens with two attached hydrogens (primary N) is 1. The van der Waals surface area contributed by atoms with Crippen LogP contribution in [0.1, 0.15) is 54.1 Å². The minimum Gasteiger partial charge on any atom is -0.318 e. The summed E-state index contributed by atoms with van der Waals surface area (Å²) in [6, 6.07) is 11.2. The average Bonchev–Trinajstić information content (AvgIpc) is 2.78. The van der Waals surface area contributed by atoms with Gasteiger partial charge in [-0.1, -0.05) is 48.7 Å². The van der Waals surface area contributed by atoms with Crippen LogP contribution >= 0.6 is 0 Å². The summed E-state index contributed by atoms with van der Waals surface area (Å²) in [5, 5.41) is 3.27. The molecular weight excluding hydrogens is 306 g/mol. The minimum absolute atomic E-state index is 0.527. The van der Waals surface area contributed by atoms with Crippen LogP contribution in [-0.4, -0.2) is 18.2 Å². The van der Waals surface area contributed by atoms with Crippen LogP contribution in [0.5, 0.6) is 0 Å². The summed E-state index contributed by atoms with van der Waals surface area (Å²) >= 11 is 0. The van der Waals surface area contributed by atoms with E-state index in [1.807, 2.05) is 6.20 Å². The van der Waals surface area contributed by atoms with Crippen LogP contribution < -0.4 is 11.1 Å². The molecule has 1 aliphatic carbocycles. The topological polar surface area (TPSA) is 50.9 Å². The Hall–Kier alpha value is -1.97. The normalized spacial score (nSPS) is 15.3. The van der Waals surface area contributed by atoms with Gasteiger partial charge in [-0.2, -0.15) is 0 Å². The lowest BCUT2D eigenvalue weighted by molar-refractivity contribution is 0.682. The van der Waals surface area contributed by atoms with Crippen LogP contribution in [0.25, 0.3) is 5.57 Å². The maximum Gasteiger partial charge on any atom is 0.0739 e. The highest BCUT2D eigenvalue weighted by atomic mass is 14.9. The van der Waals surface area contributed by atoms with Crippen molar-refractivity contribution in [3.63, 3.8) is 0 Å². The van der Waals surface area contributed by atoms with Crippen LogP contribution in [0.4, 0.5) is 0 Å². The van der Waals surface area contributed by atoms with Gasteiger partial charge in [-0.05, 0) is 55.4 Å². The van der Waals surface area contributed by atoms with E-state index < -0.39 is 0 Å². The van der Waals surface area contributed by atoms with Crippen molar-refractivity contribution in [2.24, 2.45) is 5.73 Å². The number of pyridine rings is 1. The Balaban J connectivity index is 2.18. The van der Waals surface area contributed by atoms with Crippen LogP contribution in [0.3, 0.4) is 0 Å². The van der Waals surface area contributed by atoms with Gasteiger partial charge in [-0.15, -0.1) is 0 Å². The number of benzene rings is 1. The van der Waals surface area contributed by atoms with Crippen molar-refractivity contribution in [3.8, 4) is 0 Å². The number of hydrogen-bond donors (Lipinski definition) is 2. The standard InChI is InChI=1S/C22H29N3/c1-3-5-17(11-13-24-15-23)21-20-10-7-16(2)14-19(20)9-8-18-6-4-12-25-22(18)21/h4,6-7,10,12,14,24H,3,5,8-9,11,13,15,23H2,1-2H3/b21-17+. The molecule has 3 N–H and O–H groups in total. The lowest BCUT2D eigenvalue weighted by Gasteiger charge is -2.18. The number of nitrogens with one attached hydrogen (secondary N) is 1. The molecule has 0 bridgehead atoms. The molecule has 3 heteroatoms. The highest BCUT2D eigenvalue weighted by molar-refractivity contribution is 5.84. The highest BCUT2D eigenvalue weighted by Gasteiger charge is 2.22. The van der Waals surface area contributed by atoms with E-state index in [-0.39, 0.29) is 0 Å². The Bertz CT molecular complexity index is 762. The van der Waals surface area contributed by atoms with Gasteiger partial charge in [-0.25, -0.2) is 0 Å². The van der Waals surface area contributed by atoms with Crippen LogP contribution in [0, 0.1) is 6.92 Å². The van der Waals surface area contributed by atoms with E-state index in [0.717, 1.165) is 38.6 Å². The zero-order valence-electron chi connectivity index (χ0n) is 15.4. The van der Waals surface area contributed by atoms with Gasteiger partial charge in [0, 0.05) is 25.0 Å². The van der Waals surface area contributed by atoms with Crippen molar-refractivity contribution in [3.05, 3.63) is 70.0 Å². The molecule has 0 unspecified atom stereocenters. The molecule has 0 saturated carbocycles. The van der Waals surface area contributed by atoms with Crippen molar-refractivity contribution in [1.82, 2.24) is 10.3 Å². The Kier molecular flexibility index (Phi) is 6.00. The summed E-state index contributed by atoms with van der Waals surface area (Å²) in [7, 11) is 0. The summed E-state index contributed by atoms with van der Waals surface area (Å²) in [5.41, 5.74) is 15.2. The molecule has 3 nitrogen and oxygen atoms in total. The number of fused-ring (bicyclic) bond motifs is 2. The van der Waals surface area contributed by atoms with Gasteiger partial charge in [-0.3, -0.25) is 4.98 Å². The van der Waals surface area contributed by atoms with E-state index in [4.69, 9.17) is 10.7 Å². The van der Waals surface area contributed by atoms with Crippen molar-refractivity contribution >= 4 is 5.57 Å². The first-order valence-electron chi connectivity index (χ1n) is 9.41. The Morgan fingerprint density at radius 2 is 2.00 bits per heavy atom. The molecule has 1 aromatic heterocycles. The Morgan fingerprint density at radius 3 is 2.80 bits per heavy atom. The van der Waals surface area contributed by atoms with Crippen molar-refractivity contribution in [2.75, 3.05) is 13.2 Å². The number of nitrogens with zero attached hydrogens (tertiary/aromatic N) is 1. The molecule has 0 spiro atoms. The molecule has 0 radical (unpaired) electrons. The summed E-state index contributed by atoms with van der Waals surface area (Å²) in [5.74, 6) is 0. The summed E-state index contributed by atoms with van der Waals surface area (Å²) in [4.78, 5) is 4.81. The van der Waals surface area contributed by atoms with Crippen LogP contribution in [0.2, 0.25) is 0 Å². The van der Waals surface area contributed by atoms with Gasteiger partial charge in [0.25, 0.3) is 0 Å². The Labute approximate surface area is 151 Å². The first kappa shape index (κ1) is 17.8. The predicted molar refractivity (Wildman–Crippen MR) is 105 cm³/mol. The first-order valence-corrected chi connectivity index (χ1v) is 9.41. The molecule has 3 rings (SSSR count). The van der Waals surface area contributed by atoms with E-state index in [1.54, 1.807) is 0 Å². The van der Waals surface area contributed by atoms with Crippen molar-refractivity contribution in [2.45, 2.75) is 46.0 Å². The van der Waals surface area contributed by atoms with Gasteiger partial charge in [0.05, 0.1) is 5.69 Å². The third-order valence-corrected chi connectivity index (χ3v) is 4.98. The van der Waals surface area contributed by atoms with Gasteiger partial charge in [0.1, 0.15) is 0 Å². The SMILES string of the molecule is CCC/C(CCNCN)=C1/c2ccc(C)cc2CCc2cccnc21. The second kappa shape index (κ2) is 8.41. The highest BCUT2D eigenvalue weighted by Crippen LogP contribution is 2.37. The van der Waals surface area contributed by atoms with Gasteiger partial charge in [0.15, 0.2) is 0 Å². The van der Waals surface area contributed by atoms with Crippen molar-refractivity contribution < 1.29 is 0 Å². The molecule has 0 atom stereocenters. The molecule has 0 fully saturated rings. The minimum atomic E-state index is 0.527. The average molecular weight is 335 g/mol. The van der Waals surface area contributed by atoms with Crippen LogP contribution in [0.15, 0.2) is 42.1 Å². The second-order valence-corrected chi connectivity index (χ2v) is 6.85. The van der Waals surface area contributed by atoms with E-state index >= 15 is 0 Å². The molecule has 1 aliphatic rings. The molecule has 0 saturated heterocycles. The maximum absolute atomic E-state index is 5.62. The van der Waals surface area contributed by atoms with Gasteiger partial charge in [0.2, 0.25) is 0 Å². The molecule has 25 heavy (non-hydrogen) atoms. The third-order valence-electron chi connectivity index (χ3n) is 4.98. The molecule has 2 aromatic rings. The number of rotatable bonds is 6. The second-order valence-electron chi connectivity index (χ2n) is 6.85. The quantitative estimate of drug-likeness (QED) is 0.620. The lowest BCUT2D eigenvalue weighted by atomic mass is 9.89. The monoisotopic (exact) mass is 335 g/mol. The van der Waals surface area contributed by atoms with Gasteiger partial charge < -0.3 is 11.1 Å². The fourth-order valence-corrected chi connectivity index (χ4v) is 3.81.